The summed E-state index contributed by atoms with van der Waals surface area (Å²) in [7, 11) is -2.42. The van der Waals surface area contributed by atoms with Crippen LogP contribution in [-0.4, -0.2) is 53.4 Å². The van der Waals surface area contributed by atoms with Crippen molar-refractivity contribution in [1.82, 2.24) is 19.0 Å². The molecule has 3 rings (SSSR count). The Morgan fingerprint density at radius 2 is 1.77 bits per heavy atom. The molecule has 0 bridgehead atoms. The maximum atomic E-state index is 14.3. The monoisotopic (exact) mass is 444 g/mol. The Morgan fingerprint density at radius 1 is 1.10 bits per heavy atom. The molecule has 1 amide bonds. The van der Waals surface area contributed by atoms with E-state index in [-0.39, 0.29) is 25.2 Å². The Balaban J connectivity index is 1.81. The van der Waals surface area contributed by atoms with Crippen LogP contribution in [-0.2, 0) is 16.6 Å². The predicted molar refractivity (Wildman–Crippen MR) is 116 cm³/mol. The third-order valence-electron chi connectivity index (χ3n) is 4.92. The van der Waals surface area contributed by atoms with Crippen LogP contribution in [0.5, 0.6) is 0 Å². The molecule has 0 atom stereocenters. The van der Waals surface area contributed by atoms with Gasteiger partial charge in [-0.15, -0.1) is 0 Å². The van der Waals surface area contributed by atoms with Crippen LogP contribution in [0.25, 0.3) is 5.69 Å². The van der Waals surface area contributed by atoms with Crippen molar-refractivity contribution < 1.29 is 17.6 Å². The van der Waals surface area contributed by atoms with Crippen LogP contribution in [0.4, 0.5) is 4.39 Å². The van der Waals surface area contributed by atoms with Crippen LogP contribution >= 0.6 is 0 Å². The van der Waals surface area contributed by atoms with Crippen molar-refractivity contribution in [3.8, 4) is 5.69 Å². The second-order valence-corrected chi connectivity index (χ2v) is 8.93. The van der Waals surface area contributed by atoms with E-state index in [9.17, 15) is 17.6 Å². The zero-order chi connectivity index (χ0) is 22.6. The molecule has 7 nitrogen and oxygen atoms in total. The Bertz CT molecular complexity index is 1160. The van der Waals surface area contributed by atoms with Crippen molar-refractivity contribution in [1.29, 1.82) is 0 Å². The van der Waals surface area contributed by atoms with Gasteiger partial charge in [0.15, 0.2) is 0 Å². The van der Waals surface area contributed by atoms with Crippen LogP contribution < -0.4 is 0 Å². The number of nitrogens with zero attached hydrogens (tertiary/aromatic N) is 4. The molecule has 31 heavy (non-hydrogen) atoms. The first-order valence-corrected chi connectivity index (χ1v) is 11.4. The first kappa shape index (κ1) is 22.6. The number of halogens is 1. The second-order valence-electron chi connectivity index (χ2n) is 7.02. The van der Waals surface area contributed by atoms with Crippen LogP contribution in [0.15, 0.2) is 65.8 Å². The molecule has 0 aliphatic carbocycles. The number of hydrogen-bond donors (Lipinski definition) is 0. The van der Waals surface area contributed by atoms with Gasteiger partial charge in [0.2, 0.25) is 10.0 Å². The topological polar surface area (TPSA) is 75.5 Å². The summed E-state index contributed by atoms with van der Waals surface area (Å²) in [6.45, 7) is 4.04. The number of aromatic nitrogens is 2. The quantitative estimate of drug-likeness (QED) is 0.534. The lowest BCUT2D eigenvalue weighted by molar-refractivity contribution is 0.0784. The first-order chi connectivity index (χ1) is 14.8. The van der Waals surface area contributed by atoms with Gasteiger partial charge in [-0.3, -0.25) is 4.79 Å². The van der Waals surface area contributed by atoms with Crippen molar-refractivity contribution in [2.75, 3.05) is 20.1 Å². The van der Waals surface area contributed by atoms with Gasteiger partial charge in [0.05, 0.1) is 11.9 Å². The van der Waals surface area contributed by atoms with Gasteiger partial charge in [-0.25, -0.2) is 17.5 Å². The van der Waals surface area contributed by atoms with Gasteiger partial charge < -0.3 is 4.90 Å². The molecule has 0 aliphatic heterocycles. The number of rotatable bonds is 8. The maximum Gasteiger partial charge on any atom is 0.253 e. The van der Waals surface area contributed by atoms with Gasteiger partial charge in [-0.2, -0.15) is 9.40 Å². The summed E-state index contributed by atoms with van der Waals surface area (Å²) < 4.78 is 42.7. The summed E-state index contributed by atoms with van der Waals surface area (Å²) in [5.74, 6) is -1.29. The molecule has 0 spiro atoms. The minimum absolute atomic E-state index is 0.102. The van der Waals surface area contributed by atoms with Gasteiger partial charge in [-0.1, -0.05) is 32.0 Å². The fourth-order valence-electron chi connectivity index (χ4n) is 3.27. The summed E-state index contributed by atoms with van der Waals surface area (Å²) in [6.07, 6.45) is 3.48. The SMILES string of the molecule is CCN(CC)S(=O)(=O)c1cc(C(=O)N(C)Cc2cnn(-c3ccccc3)c2)ccc1F. The smallest absolute Gasteiger partial charge is 0.253 e. The zero-order valence-corrected chi connectivity index (χ0v) is 18.5. The van der Waals surface area contributed by atoms with E-state index in [1.54, 1.807) is 31.8 Å². The van der Waals surface area contributed by atoms with Crippen molar-refractivity contribution in [2.24, 2.45) is 0 Å². The summed E-state index contributed by atoms with van der Waals surface area (Å²) in [6, 6.07) is 13.0. The Hall–Kier alpha value is -3.04. The number of carbonyl (C=O) groups excluding carboxylic acids is 1. The van der Waals surface area contributed by atoms with Crippen LogP contribution in [0.3, 0.4) is 0 Å². The molecule has 0 saturated carbocycles. The fraction of sp³-hybridized carbons (Fsp3) is 0.273. The van der Waals surface area contributed by atoms with Crippen LogP contribution in [0.2, 0.25) is 0 Å². The van der Waals surface area contributed by atoms with Gasteiger partial charge >= 0.3 is 0 Å². The molecule has 0 saturated heterocycles. The molecule has 9 heteroatoms. The van der Waals surface area contributed by atoms with Gasteiger partial charge in [0, 0.05) is 44.0 Å². The zero-order valence-electron chi connectivity index (χ0n) is 17.7. The van der Waals surface area contributed by atoms with Crippen molar-refractivity contribution in [3.63, 3.8) is 0 Å². The molecular weight excluding hydrogens is 419 g/mol. The standard InChI is InChI=1S/C22H25FN4O3S/c1-4-26(5-2)31(29,30)21-13-18(11-12-20(21)23)22(28)25(3)15-17-14-24-27(16-17)19-9-7-6-8-10-19/h6-14,16H,4-5,15H2,1-3H3. The molecule has 0 radical (unpaired) electrons. The number of carbonyl (C=O) groups is 1. The molecule has 3 aromatic rings. The minimum atomic E-state index is -4.03. The number of para-hydroxylation sites is 1. The summed E-state index contributed by atoms with van der Waals surface area (Å²) in [4.78, 5) is 13.8. The lowest BCUT2D eigenvalue weighted by atomic mass is 10.2. The molecule has 0 unspecified atom stereocenters. The number of amides is 1. The lowest BCUT2D eigenvalue weighted by Crippen LogP contribution is -2.32. The number of sulfonamides is 1. The Morgan fingerprint density at radius 3 is 2.42 bits per heavy atom. The summed E-state index contributed by atoms with van der Waals surface area (Å²) in [5, 5.41) is 4.31. The highest BCUT2D eigenvalue weighted by molar-refractivity contribution is 7.89. The van der Waals surface area contributed by atoms with Gasteiger partial charge in [0.1, 0.15) is 10.7 Å². The van der Waals surface area contributed by atoms with E-state index >= 15 is 0 Å². The largest absolute Gasteiger partial charge is 0.337 e. The van der Waals surface area contributed by atoms with E-state index in [4.69, 9.17) is 0 Å². The molecular formula is C22H25FN4O3S. The minimum Gasteiger partial charge on any atom is -0.337 e. The van der Waals surface area contributed by atoms with E-state index in [0.717, 1.165) is 27.7 Å². The highest BCUT2D eigenvalue weighted by atomic mass is 32.2. The summed E-state index contributed by atoms with van der Waals surface area (Å²) >= 11 is 0. The molecule has 2 aromatic carbocycles. The van der Waals surface area contributed by atoms with E-state index < -0.39 is 26.6 Å². The fourth-order valence-corrected chi connectivity index (χ4v) is 4.81. The van der Waals surface area contributed by atoms with Crippen LogP contribution in [0, 0.1) is 5.82 Å². The Labute approximate surface area is 181 Å². The molecule has 164 valence electrons. The molecule has 0 fully saturated rings. The highest BCUT2D eigenvalue weighted by Crippen LogP contribution is 2.22. The average molecular weight is 445 g/mol. The van der Waals surface area contributed by atoms with E-state index in [1.807, 2.05) is 36.5 Å². The normalized spacial score (nSPS) is 11.6. The third-order valence-corrected chi connectivity index (χ3v) is 6.99. The van der Waals surface area contributed by atoms with Crippen molar-refractivity contribution >= 4 is 15.9 Å². The van der Waals surface area contributed by atoms with Gasteiger partial charge in [0.25, 0.3) is 5.91 Å². The predicted octanol–water partition coefficient (Wildman–Crippen LogP) is 3.31. The molecule has 1 aromatic heterocycles. The third kappa shape index (κ3) is 4.83. The molecule has 0 aliphatic rings. The van der Waals surface area contributed by atoms with Crippen LogP contribution in [0.1, 0.15) is 29.8 Å². The number of hydrogen-bond acceptors (Lipinski definition) is 4. The summed E-state index contributed by atoms with van der Waals surface area (Å²) in [5.41, 5.74) is 1.80. The lowest BCUT2D eigenvalue weighted by Gasteiger charge is -2.20. The second kappa shape index (κ2) is 9.40. The van der Waals surface area contributed by atoms with E-state index in [0.29, 0.717) is 0 Å². The van der Waals surface area contributed by atoms with Gasteiger partial charge in [-0.05, 0) is 30.3 Å². The maximum absolute atomic E-state index is 14.3. The van der Waals surface area contributed by atoms with Crippen molar-refractivity contribution in [2.45, 2.75) is 25.3 Å². The Kier molecular flexibility index (Phi) is 6.87. The van der Waals surface area contributed by atoms with Crippen molar-refractivity contribution in [3.05, 3.63) is 77.9 Å². The molecule has 1 heterocycles. The highest BCUT2D eigenvalue weighted by Gasteiger charge is 2.27. The molecule has 0 N–H and O–H groups in total. The van der Waals surface area contributed by atoms with E-state index in [2.05, 4.69) is 5.10 Å². The average Bonchev–Trinajstić information content (AvgIpc) is 3.23. The van der Waals surface area contributed by atoms with E-state index in [1.165, 1.54) is 11.0 Å². The first-order valence-electron chi connectivity index (χ1n) is 9.92. The number of benzene rings is 2.